The van der Waals surface area contributed by atoms with Crippen LogP contribution in [-0.2, 0) is 9.59 Å². The molecule has 0 radical (unpaired) electrons. The van der Waals surface area contributed by atoms with Crippen LogP contribution in [0.5, 0.6) is 17.2 Å². The van der Waals surface area contributed by atoms with Crippen molar-refractivity contribution >= 4 is 17.9 Å². The Morgan fingerprint density at radius 1 is 1.04 bits per heavy atom. The number of hydrogen-bond acceptors (Lipinski definition) is 6. The lowest BCUT2D eigenvalue weighted by Crippen LogP contribution is -2.50. The Kier molecular flexibility index (Phi) is 8.13. The third kappa shape index (κ3) is 5.63. The summed E-state index contributed by atoms with van der Waals surface area (Å²) in [7, 11) is 4.65. The van der Waals surface area contributed by atoms with E-state index in [2.05, 4.69) is 10.2 Å². The molecular formula is C20H29N3O5. The van der Waals surface area contributed by atoms with Crippen molar-refractivity contribution in [3.63, 3.8) is 0 Å². The summed E-state index contributed by atoms with van der Waals surface area (Å²) in [5.41, 5.74) is 0.776. The fourth-order valence-corrected chi connectivity index (χ4v) is 3.05. The van der Waals surface area contributed by atoms with Gasteiger partial charge in [-0.05, 0) is 30.7 Å². The van der Waals surface area contributed by atoms with E-state index in [1.807, 2.05) is 6.92 Å². The number of benzene rings is 1. The summed E-state index contributed by atoms with van der Waals surface area (Å²) in [4.78, 5) is 28.0. The van der Waals surface area contributed by atoms with E-state index >= 15 is 0 Å². The smallest absolute Gasteiger partial charge is 0.246 e. The normalized spacial score (nSPS) is 14.8. The standard InChI is InChI=1S/C20H29N3O5/c1-5-21-18(24)14-22-8-10-23(11-9-22)19(25)7-6-15-12-16(26-2)20(28-4)17(13-15)27-3/h6-7,12-13H,5,8-11,14H2,1-4H3,(H,21,24)/b7-6+. The fraction of sp³-hybridized carbons (Fsp3) is 0.500. The second-order valence-corrected chi connectivity index (χ2v) is 6.35. The number of piperazine rings is 1. The van der Waals surface area contributed by atoms with E-state index in [0.29, 0.717) is 56.5 Å². The summed E-state index contributed by atoms with van der Waals surface area (Å²) in [5, 5.41) is 2.79. The van der Waals surface area contributed by atoms with Crippen LogP contribution in [0, 0.1) is 0 Å². The number of carbonyl (C=O) groups is 2. The van der Waals surface area contributed by atoms with Crippen molar-refractivity contribution in [1.29, 1.82) is 0 Å². The third-order valence-electron chi connectivity index (χ3n) is 4.53. The number of ether oxygens (including phenoxy) is 3. The second kappa shape index (κ2) is 10.6. The molecule has 0 atom stereocenters. The lowest BCUT2D eigenvalue weighted by atomic mass is 10.1. The van der Waals surface area contributed by atoms with Crippen molar-refractivity contribution in [2.45, 2.75) is 6.92 Å². The molecule has 154 valence electrons. The first-order valence-electron chi connectivity index (χ1n) is 9.28. The zero-order chi connectivity index (χ0) is 20.5. The summed E-state index contributed by atoms with van der Waals surface area (Å²) in [5.74, 6) is 1.54. The van der Waals surface area contributed by atoms with Gasteiger partial charge >= 0.3 is 0 Å². The van der Waals surface area contributed by atoms with Crippen molar-refractivity contribution in [3.05, 3.63) is 23.8 Å². The Hall–Kier alpha value is -2.74. The zero-order valence-corrected chi connectivity index (χ0v) is 17.0. The molecule has 8 nitrogen and oxygen atoms in total. The fourth-order valence-electron chi connectivity index (χ4n) is 3.05. The van der Waals surface area contributed by atoms with Crippen molar-refractivity contribution in [1.82, 2.24) is 15.1 Å². The maximum atomic E-state index is 12.5. The van der Waals surface area contributed by atoms with Crippen LogP contribution in [0.3, 0.4) is 0 Å². The lowest BCUT2D eigenvalue weighted by molar-refractivity contribution is -0.128. The van der Waals surface area contributed by atoms with Gasteiger partial charge in [-0.3, -0.25) is 14.5 Å². The molecular weight excluding hydrogens is 362 g/mol. The van der Waals surface area contributed by atoms with Crippen LogP contribution in [0.25, 0.3) is 6.08 Å². The van der Waals surface area contributed by atoms with Gasteiger partial charge in [-0.2, -0.15) is 0 Å². The molecule has 2 amide bonds. The first-order valence-corrected chi connectivity index (χ1v) is 9.28. The summed E-state index contributed by atoms with van der Waals surface area (Å²) in [6.45, 7) is 5.45. The monoisotopic (exact) mass is 391 g/mol. The quantitative estimate of drug-likeness (QED) is 0.666. The van der Waals surface area contributed by atoms with Gasteiger partial charge in [-0.25, -0.2) is 0 Å². The van der Waals surface area contributed by atoms with Crippen molar-refractivity contribution in [3.8, 4) is 17.2 Å². The van der Waals surface area contributed by atoms with Crippen molar-refractivity contribution < 1.29 is 23.8 Å². The molecule has 2 rings (SSSR count). The molecule has 1 aliphatic heterocycles. The topological polar surface area (TPSA) is 80.3 Å². The number of carbonyl (C=O) groups excluding carboxylic acids is 2. The number of nitrogens with one attached hydrogen (secondary N) is 1. The van der Waals surface area contributed by atoms with E-state index in [-0.39, 0.29) is 11.8 Å². The molecule has 1 aliphatic rings. The van der Waals surface area contributed by atoms with Gasteiger partial charge in [-0.15, -0.1) is 0 Å². The first kappa shape index (κ1) is 21.6. The summed E-state index contributed by atoms with van der Waals surface area (Å²) in [6, 6.07) is 3.57. The first-order chi connectivity index (χ1) is 13.5. The molecule has 1 aromatic rings. The Labute approximate surface area is 166 Å². The minimum absolute atomic E-state index is 0.0181. The highest BCUT2D eigenvalue weighted by molar-refractivity contribution is 5.92. The number of likely N-dealkylation sites (N-methyl/N-ethyl adjacent to an activating group) is 1. The van der Waals surface area contributed by atoms with Crippen LogP contribution >= 0.6 is 0 Å². The average Bonchev–Trinajstić information content (AvgIpc) is 2.71. The largest absolute Gasteiger partial charge is 0.493 e. The van der Waals surface area contributed by atoms with Gasteiger partial charge in [0.1, 0.15) is 0 Å². The molecule has 0 aromatic heterocycles. The molecule has 0 spiro atoms. The molecule has 0 saturated carbocycles. The number of amides is 2. The number of nitrogens with zero attached hydrogens (tertiary/aromatic N) is 2. The van der Waals surface area contributed by atoms with Gasteiger partial charge in [-0.1, -0.05) is 0 Å². The molecule has 0 unspecified atom stereocenters. The van der Waals surface area contributed by atoms with Gasteiger partial charge in [0.2, 0.25) is 17.6 Å². The predicted molar refractivity (Wildman–Crippen MR) is 107 cm³/mol. The molecule has 0 aliphatic carbocycles. The van der Waals surface area contributed by atoms with Crippen LogP contribution in [0.2, 0.25) is 0 Å². The van der Waals surface area contributed by atoms with E-state index in [4.69, 9.17) is 14.2 Å². The summed E-state index contributed by atoms with van der Waals surface area (Å²) >= 11 is 0. The molecule has 1 N–H and O–H groups in total. The van der Waals surface area contributed by atoms with E-state index < -0.39 is 0 Å². The van der Waals surface area contributed by atoms with Crippen LogP contribution in [0.15, 0.2) is 18.2 Å². The van der Waals surface area contributed by atoms with Crippen LogP contribution in [0.4, 0.5) is 0 Å². The van der Waals surface area contributed by atoms with Gasteiger partial charge in [0.15, 0.2) is 11.5 Å². The number of hydrogen-bond donors (Lipinski definition) is 1. The van der Waals surface area contributed by atoms with E-state index in [1.54, 1.807) is 50.5 Å². The van der Waals surface area contributed by atoms with E-state index in [9.17, 15) is 9.59 Å². The van der Waals surface area contributed by atoms with Gasteiger partial charge in [0.25, 0.3) is 0 Å². The summed E-state index contributed by atoms with van der Waals surface area (Å²) in [6.07, 6.45) is 3.27. The van der Waals surface area contributed by atoms with E-state index in [1.165, 1.54) is 0 Å². The van der Waals surface area contributed by atoms with Crippen LogP contribution in [0.1, 0.15) is 12.5 Å². The van der Waals surface area contributed by atoms with E-state index in [0.717, 1.165) is 5.56 Å². The molecule has 28 heavy (non-hydrogen) atoms. The zero-order valence-electron chi connectivity index (χ0n) is 17.0. The highest BCUT2D eigenvalue weighted by atomic mass is 16.5. The Morgan fingerprint density at radius 2 is 1.64 bits per heavy atom. The third-order valence-corrected chi connectivity index (χ3v) is 4.53. The minimum atomic E-state index is -0.0635. The van der Waals surface area contributed by atoms with Crippen molar-refractivity contribution in [2.24, 2.45) is 0 Å². The number of methoxy groups -OCH3 is 3. The van der Waals surface area contributed by atoms with Gasteiger partial charge in [0.05, 0.1) is 27.9 Å². The maximum Gasteiger partial charge on any atom is 0.246 e. The molecule has 1 aromatic carbocycles. The van der Waals surface area contributed by atoms with Gasteiger partial charge in [0, 0.05) is 38.8 Å². The Bertz CT molecular complexity index is 687. The van der Waals surface area contributed by atoms with Crippen LogP contribution < -0.4 is 19.5 Å². The Balaban J connectivity index is 1.96. The maximum absolute atomic E-state index is 12.5. The average molecular weight is 391 g/mol. The van der Waals surface area contributed by atoms with Gasteiger partial charge < -0.3 is 24.4 Å². The Morgan fingerprint density at radius 3 is 2.14 bits per heavy atom. The minimum Gasteiger partial charge on any atom is -0.493 e. The number of rotatable bonds is 8. The molecule has 1 heterocycles. The molecule has 0 bridgehead atoms. The highest BCUT2D eigenvalue weighted by Crippen LogP contribution is 2.38. The predicted octanol–water partition coefficient (Wildman–Crippen LogP) is 1.01. The SMILES string of the molecule is CCNC(=O)CN1CCN(C(=O)/C=C/c2cc(OC)c(OC)c(OC)c2)CC1. The van der Waals surface area contributed by atoms with Crippen LogP contribution in [-0.4, -0.2) is 82.2 Å². The summed E-state index contributed by atoms with van der Waals surface area (Å²) < 4.78 is 16.0. The second-order valence-electron chi connectivity index (χ2n) is 6.35. The molecule has 8 heteroatoms. The lowest BCUT2D eigenvalue weighted by Gasteiger charge is -2.33. The highest BCUT2D eigenvalue weighted by Gasteiger charge is 2.21. The molecule has 1 saturated heterocycles. The molecule has 1 fully saturated rings. The van der Waals surface area contributed by atoms with Crippen molar-refractivity contribution in [2.75, 3.05) is 60.6 Å².